The molecule has 1 aliphatic carbocycles. The van der Waals surface area contributed by atoms with Crippen molar-refractivity contribution in [1.82, 2.24) is 15.2 Å². The van der Waals surface area contributed by atoms with Gasteiger partial charge in [0.2, 0.25) is 10.0 Å². The lowest BCUT2D eigenvalue weighted by atomic mass is 9.83. The van der Waals surface area contributed by atoms with Gasteiger partial charge in [0.05, 0.1) is 12.8 Å². The number of carbonyl (C=O) groups is 3. The lowest BCUT2D eigenvalue weighted by Gasteiger charge is -2.46. The molecule has 2 aromatic rings. The number of sulfonamides is 1. The number of pyridine rings is 1. The number of Topliss-reactive ketones (excluding diaryl/α,β-unsaturated/α-hetero) is 1. The van der Waals surface area contributed by atoms with Crippen LogP contribution in [0.4, 0.5) is 16.4 Å². The molecule has 3 atom stereocenters. The Morgan fingerprint density at radius 2 is 1.62 bits per heavy atom. The Morgan fingerprint density at radius 3 is 2.12 bits per heavy atom. The molecule has 2 N–H and O–H groups in total. The van der Waals surface area contributed by atoms with Gasteiger partial charge in [0.25, 0.3) is 5.91 Å². The van der Waals surface area contributed by atoms with Gasteiger partial charge in [-0.3, -0.25) is 18.8 Å². The molecule has 42 heavy (non-hydrogen) atoms. The fraction of sp³-hybridized carbons (Fsp3) is 0.533. The molecule has 1 aromatic carbocycles. The summed E-state index contributed by atoms with van der Waals surface area (Å²) in [6.07, 6.45) is 0.999. The fourth-order valence-electron chi connectivity index (χ4n) is 5.25. The third-order valence-electron chi connectivity index (χ3n) is 7.81. The molecule has 2 amide bonds. The Kier molecular flexibility index (Phi) is 9.61. The smallest absolute Gasteiger partial charge is 0.408 e. The van der Waals surface area contributed by atoms with Crippen LogP contribution < -0.4 is 14.5 Å². The van der Waals surface area contributed by atoms with Crippen LogP contribution in [-0.4, -0.2) is 85.7 Å². The minimum absolute atomic E-state index is 0.0703. The Labute approximate surface area is 249 Å². The predicted molar refractivity (Wildman–Crippen MR) is 164 cm³/mol. The van der Waals surface area contributed by atoms with Crippen LogP contribution in [0.3, 0.4) is 0 Å². The highest BCUT2D eigenvalue weighted by Crippen LogP contribution is 2.38. The van der Waals surface area contributed by atoms with E-state index >= 15 is 0 Å². The lowest BCUT2D eigenvalue weighted by molar-refractivity contribution is -0.131. The van der Waals surface area contributed by atoms with Crippen molar-refractivity contribution in [3.8, 4) is 0 Å². The van der Waals surface area contributed by atoms with Gasteiger partial charge in [0, 0.05) is 38.2 Å². The number of aromatic nitrogens is 1. The van der Waals surface area contributed by atoms with Crippen LogP contribution >= 0.6 is 0 Å². The fourth-order valence-corrected chi connectivity index (χ4v) is 5.68. The molecule has 3 rings (SSSR count). The summed E-state index contributed by atoms with van der Waals surface area (Å²) in [7, 11) is -0.465. The van der Waals surface area contributed by atoms with E-state index in [1.165, 1.54) is 13.1 Å². The van der Waals surface area contributed by atoms with Gasteiger partial charge in [-0.2, -0.15) is 0 Å². The summed E-state index contributed by atoms with van der Waals surface area (Å²) in [5.41, 5.74) is -1.51. The van der Waals surface area contributed by atoms with E-state index in [0.29, 0.717) is 24.2 Å². The first kappa shape index (κ1) is 32.8. The number of carboxylic acid groups (broad SMARTS) is 1. The summed E-state index contributed by atoms with van der Waals surface area (Å²) in [5, 5.41) is 12.8. The first-order valence-electron chi connectivity index (χ1n) is 13.9. The van der Waals surface area contributed by atoms with E-state index in [-0.39, 0.29) is 17.8 Å². The van der Waals surface area contributed by atoms with Crippen LogP contribution in [0.25, 0.3) is 0 Å². The number of hydrogen-bond donors (Lipinski definition) is 2. The highest BCUT2D eigenvalue weighted by Gasteiger charge is 2.47. The molecule has 1 fully saturated rings. The minimum atomic E-state index is -3.66. The number of anilines is 2. The first-order valence-corrected chi connectivity index (χ1v) is 15.7. The van der Waals surface area contributed by atoms with E-state index in [0.717, 1.165) is 27.4 Å². The predicted octanol–water partition coefficient (Wildman–Crippen LogP) is 3.65. The van der Waals surface area contributed by atoms with Crippen molar-refractivity contribution < 1.29 is 27.9 Å². The summed E-state index contributed by atoms with van der Waals surface area (Å²) in [4.78, 5) is 47.2. The van der Waals surface area contributed by atoms with Gasteiger partial charge in [-0.15, -0.1) is 0 Å². The van der Waals surface area contributed by atoms with Crippen molar-refractivity contribution in [3.05, 3.63) is 53.6 Å². The average Bonchev–Trinajstić information content (AvgIpc) is 3.58. The van der Waals surface area contributed by atoms with Crippen LogP contribution in [0, 0.1) is 11.8 Å². The summed E-state index contributed by atoms with van der Waals surface area (Å²) in [6, 6.07) is 12.0. The van der Waals surface area contributed by atoms with Gasteiger partial charge in [-0.25, -0.2) is 18.2 Å². The average molecular weight is 602 g/mol. The molecule has 1 aromatic heterocycles. The zero-order valence-electron chi connectivity index (χ0n) is 25.7. The normalized spacial score (nSPS) is 18.0. The molecule has 1 saturated carbocycles. The summed E-state index contributed by atoms with van der Waals surface area (Å²) >= 11 is 0. The van der Waals surface area contributed by atoms with E-state index in [9.17, 15) is 27.9 Å². The summed E-state index contributed by atoms with van der Waals surface area (Å²) in [5.74, 6) is 0.484. The van der Waals surface area contributed by atoms with Gasteiger partial charge < -0.3 is 15.3 Å². The van der Waals surface area contributed by atoms with Gasteiger partial charge in [-0.1, -0.05) is 37.3 Å². The SMILES string of the molecule is CC1CC1CN(C)c1cc(C(=O)NCC(=O)C(C)(Cc2ccccc2)N(C(=O)O)C(C)(C)C)cc(N(C)S(C)(=O)=O)n1. The Balaban J connectivity index is 1.92. The molecule has 12 heteroatoms. The number of benzene rings is 1. The Bertz CT molecular complexity index is 1430. The van der Waals surface area contributed by atoms with Crippen LogP contribution in [0.15, 0.2) is 42.5 Å². The zero-order valence-corrected chi connectivity index (χ0v) is 26.5. The number of hydrogen-bond acceptors (Lipinski definition) is 7. The number of nitrogens with zero attached hydrogens (tertiary/aromatic N) is 4. The molecular weight excluding hydrogens is 558 g/mol. The third kappa shape index (κ3) is 7.78. The van der Waals surface area contributed by atoms with E-state index in [2.05, 4.69) is 17.2 Å². The maximum absolute atomic E-state index is 13.8. The standard InChI is InChI=1S/C30H43N5O6S/c1-20-14-23(20)19-33(6)25-15-22(16-26(32-25)34(7)42(8,40)41)27(37)31-18-24(36)30(5,17-21-12-10-9-11-13-21)35(28(38)39)29(2,3)4/h9-13,15-16,20,23H,14,17-19H2,1-8H3,(H,31,37)(H,38,39). The molecule has 0 aliphatic heterocycles. The second kappa shape index (κ2) is 12.3. The van der Waals surface area contributed by atoms with Crippen LogP contribution in [0.1, 0.15) is 57.0 Å². The first-order chi connectivity index (χ1) is 19.3. The topological polar surface area (TPSA) is 140 Å². The van der Waals surface area contributed by atoms with Gasteiger partial charge >= 0.3 is 6.09 Å². The summed E-state index contributed by atoms with van der Waals surface area (Å²) in [6.45, 7) is 9.15. The van der Waals surface area contributed by atoms with E-state index in [1.54, 1.807) is 33.8 Å². The monoisotopic (exact) mass is 601 g/mol. The number of ketones is 1. The second-order valence-electron chi connectivity index (χ2n) is 12.5. The Hall–Kier alpha value is -3.67. The molecule has 0 radical (unpaired) electrons. The Morgan fingerprint density at radius 1 is 1.05 bits per heavy atom. The number of nitrogens with one attached hydrogen (secondary N) is 1. The largest absolute Gasteiger partial charge is 0.465 e. The molecule has 1 aliphatic rings. The van der Waals surface area contributed by atoms with Crippen LogP contribution in [-0.2, 0) is 21.2 Å². The van der Waals surface area contributed by atoms with E-state index in [1.807, 2.05) is 42.3 Å². The zero-order chi connectivity index (χ0) is 31.6. The van der Waals surface area contributed by atoms with Crippen LogP contribution in [0.5, 0.6) is 0 Å². The quantitative estimate of drug-likeness (QED) is 0.376. The van der Waals surface area contributed by atoms with Gasteiger partial charge in [-0.05, 0) is 63.6 Å². The molecule has 11 nitrogen and oxygen atoms in total. The number of amides is 2. The molecular formula is C30H43N5O6S. The lowest BCUT2D eigenvalue weighted by Crippen LogP contribution is -2.64. The minimum Gasteiger partial charge on any atom is -0.465 e. The second-order valence-corrected chi connectivity index (χ2v) is 14.5. The molecule has 3 unspecified atom stereocenters. The maximum atomic E-state index is 13.8. The van der Waals surface area contributed by atoms with Crippen molar-refractivity contribution in [3.63, 3.8) is 0 Å². The number of carbonyl (C=O) groups excluding carboxylic acids is 2. The van der Waals surface area contributed by atoms with Gasteiger partial charge in [0.15, 0.2) is 5.78 Å². The van der Waals surface area contributed by atoms with Crippen LogP contribution in [0.2, 0.25) is 0 Å². The molecule has 1 heterocycles. The maximum Gasteiger partial charge on any atom is 0.408 e. The number of rotatable bonds is 12. The highest BCUT2D eigenvalue weighted by atomic mass is 32.2. The summed E-state index contributed by atoms with van der Waals surface area (Å²) < 4.78 is 25.5. The molecule has 0 bridgehead atoms. The highest BCUT2D eigenvalue weighted by molar-refractivity contribution is 7.92. The van der Waals surface area contributed by atoms with Crippen molar-refractivity contribution >= 4 is 39.4 Å². The van der Waals surface area contributed by atoms with Crippen molar-refractivity contribution in [1.29, 1.82) is 0 Å². The van der Waals surface area contributed by atoms with E-state index in [4.69, 9.17) is 0 Å². The van der Waals surface area contributed by atoms with Gasteiger partial charge in [0.1, 0.15) is 17.2 Å². The van der Waals surface area contributed by atoms with E-state index < -0.39 is 45.4 Å². The van der Waals surface area contributed by atoms with Crippen molar-refractivity contribution in [2.45, 2.75) is 58.5 Å². The molecule has 0 saturated heterocycles. The third-order valence-corrected chi connectivity index (χ3v) is 9.00. The van der Waals surface area contributed by atoms with Crippen molar-refractivity contribution in [2.75, 3.05) is 42.6 Å². The molecule has 0 spiro atoms. The van der Waals surface area contributed by atoms with Crippen molar-refractivity contribution in [2.24, 2.45) is 11.8 Å². The molecule has 230 valence electrons.